The Bertz CT molecular complexity index is 881. The predicted molar refractivity (Wildman–Crippen MR) is 99.6 cm³/mol. The maximum absolute atomic E-state index is 9.09. The van der Waals surface area contributed by atoms with Gasteiger partial charge in [-0.1, -0.05) is 36.4 Å². The summed E-state index contributed by atoms with van der Waals surface area (Å²) in [6.07, 6.45) is 1.75. The molecule has 0 spiro atoms. The SMILES string of the molecule is N#Cc1ccccc1COc1ccc(/C=N\Nc2ccccc2)cc1. The molecule has 0 aromatic heterocycles. The van der Waals surface area contributed by atoms with Gasteiger partial charge >= 0.3 is 0 Å². The molecule has 4 nitrogen and oxygen atoms in total. The summed E-state index contributed by atoms with van der Waals surface area (Å²) in [6.45, 7) is 0.368. The van der Waals surface area contributed by atoms with Gasteiger partial charge in [-0.3, -0.25) is 5.43 Å². The molecule has 3 aromatic carbocycles. The predicted octanol–water partition coefficient (Wildman–Crippen LogP) is 4.58. The number of nitrogens with one attached hydrogen (secondary N) is 1. The molecule has 0 amide bonds. The van der Waals surface area contributed by atoms with Crippen LogP contribution in [-0.4, -0.2) is 6.21 Å². The van der Waals surface area contributed by atoms with Crippen LogP contribution in [0.5, 0.6) is 5.75 Å². The Morgan fingerprint density at radius 2 is 1.64 bits per heavy atom. The highest BCUT2D eigenvalue weighted by Crippen LogP contribution is 2.15. The summed E-state index contributed by atoms with van der Waals surface area (Å²) in [5.74, 6) is 0.751. The van der Waals surface area contributed by atoms with Gasteiger partial charge in [-0.05, 0) is 48.0 Å². The smallest absolute Gasteiger partial charge is 0.119 e. The first-order valence-corrected chi connectivity index (χ1v) is 7.90. The number of hydrogen-bond acceptors (Lipinski definition) is 4. The lowest BCUT2D eigenvalue weighted by molar-refractivity contribution is 0.306. The second-order valence-corrected chi connectivity index (χ2v) is 5.36. The van der Waals surface area contributed by atoms with Crippen LogP contribution in [0.4, 0.5) is 5.69 Å². The minimum absolute atomic E-state index is 0.368. The molecule has 0 heterocycles. The molecule has 3 aromatic rings. The molecule has 25 heavy (non-hydrogen) atoms. The van der Waals surface area contributed by atoms with E-state index in [1.54, 1.807) is 12.3 Å². The van der Waals surface area contributed by atoms with Gasteiger partial charge in [0, 0.05) is 5.56 Å². The molecule has 0 radical (unpaired) electrons. The fourth-order valence-electron chi connectivity index (χ4n) is 2.26. The van der Waals surface area contributed by atoms with Crippen LogP contribution in [0.25, 0.3) is 0 Å². The number of benzene rings is 3. The average Bonchev–Trinajstić information content (AvgIpc) is 2.68. The number of nitriles is 1. The molecule has 0 aliphatic heterocycles. The lowest BCUT2D eigenvalue weighted by Crippen LogP contribution is -1.98. The fourth-order valence-corrected chi connectivity index (χ4v) is 2.26. The molecule has 1 N–H and O–H groups in total. The van der Waals surface area contributed by atoms with Crippen molar-refractivity contribution < 1.29 is 4.74 Å². The summed E-state index contributed by atoms with van der Waals surface area (Å²) < 4.78 is 5.75. The zero-order valence-corrected chi connectivity index (χ0v) is 13.6. The number of nitrogens with zero attached hydrogens (tertiary/aromatic N) is 2. The lowest BCUT2D eigenvalue weighted by Gasteiger charge is -2.07. The van der Waals surface area contributed by atoms with Gasteiger partial charge in [-0.25, -0.2) is 0 Å². The molecule has 0 saturated heterocycles. The minimum Gasteiger partial charge on any atom is -0.489 e. The average molecular weight is 327 g/mol. The van der Waals surface area contributed by atoms with Crippen molar-refractivity contribution in [2.24, 2.45) is 5.10 Å². The van der Waals surface area contributed by atoms with Gasteiger partial charge in [0.05, 0.1) is 23.5 Å². The minimum atomic E-state index is 0.368. The van der Waals surface area contributed by atoms with Gasteiger partial charge in [-0.15, -0.1) is 0 Å². The Morgan fingerprint density at radius 1 is 0.920 bits per heavy atom. The molecule has 0 unspecified atom stereocenters. The Balaban J connectivity index is 1.56. The molecule has 0 aliphatic rings. The first kappa shape index (κ1) is 16.3. The molecule has 122 valence electrons. The van der Waals surface area contributed by atoms with Crippen LogP contribution < -0.4 is 10.2 Å². The third-order valence-electron chi connectivity index (χ3n) is 3.59. The van der Waals surface area contributed by atoms with Crippen molar-refractivity contribution in [1.82, 2.24) is 0 Å². The van der Waals surface area contributed by atoms with E-state index in [-0.39, 0.29) is 0 Å². The van der Waals surface area contributed by atoms with Crippen molar-refractivity contribution in [3.63, 3.8) is 0 Å². The summed E-state index contributed by atoms with van der Waals surface area (Å²) in [5, 5.41) is 13.3. The van der Waals surface area contributed by atoms with E-state index in [4.69, 9.17) is 10.00 Å². The van der Waals surface area contributed by atoms with E-state index in [1.165, 1.54) is 0 Å². The van der Waals surface area contributed by atoms with Crippen LogP contribution in [0.2, 0.25) is 0 Å². The maximum atomic E-state index is 9.09. The highest BCUT2D eigenvalue weighted by molar-refractivity contribution is 5.80. The summed E-state index contributed by atoms with van der Waals surface area (Å²) >= 11 is 0. The topological polar surface area (TPSA) is 57.4 Å². The second kappa shape index (κ2) is 8.32. The number of ether oxygens (including phenoxy) is 1. The van der Waals surface area contributed by atoms with Crippen LogP contribution in [0.1, 0.15) is 16.7 Å². The molecule has 0 saturated carbocycles. The second-order valence-electron chi connectivity index (χ2n) is 5.36. The van der Waals surface area contributed by atoms with Crippen LogP contribution in [0, 0.1) is 11.3 Å². The summed E-state index contributed by atoms with van der Waals surface area (Å²) in [6, 6.07) is 27.0. The van der Waals surface area contributed by atoms with Gasteiger partial charge < -0.3 is 4.74 Å². The lowest BCUT2D eigenvalue weighted by atomic mass is 10.1. The van der Waals surface area contributed by atoms with Crippen molar-refractivity contribution in [3.8, 4) is 11.8 Å². The molecule has 0 fully saturated rings. The number of anilines is 1. The number of para-hydroxylation sites is 1. The molecular formula is C21H17N3O. The van der Waals surface area contributed by atoms with Crippen LogP contribution >= 0.6 is 0 Å². The summed E-state index contributed by atoms with van der Waals surface area (Å²) in [5.41, 5.74) is 6.40. The van der Waals surface area contributed by atoms with Crippen molar-refractivity contribution in [2.45, 2.75) is 6.61 Å². The first-order valence-electron chi connectivity index (χ1n) is 7.90. The number of hydrazone groups is 1. The van der Waals surface area contributed by atoms with E-state index in [2.05, 4.69) is 16.6 Å². The van der Waals surface area contributed by atoms with Crippen LogP contribution in [-0.2, 0) is 6.61 Å². The van der Waals surface area contributed by atoms with E-state index in [0.717, 1.165) is 22.6 Å². The van der Waals surface area contributed by atoms with Crippen molar-refractivity contribution in [1.29, 1.82) is 5.26 Å². The fraction of sp³-hybridized carbons (Fsp3) is 0.0476. The normalized spacial score (nSPS) is 10.4. The Hall–Kier alpha value is -3.58. The zero-order valence-electron chi connectivity index (χ0n) is 13.6. The number of hydrogen-bond donors (Lipinski definition) is 1. The standard InChI is InChI=1S/C21H17N3O/c22-14-18-6-4-5-7-19(18)16-25-21-12-10-17(11-13-21)15-23-24-20-8-2-1-3-9-20/h1-13,15,24H,16H2/b23-15-. The quantitative estimate of drug-likeness (QED) is 0.532. The van der Waals surface area contributed by atoms with Crippen molar-refractivity contribution >= 4 is 11.9 Å². The largest absolute Gasteiger partial charge is 0.489 e. The molecule has 4 heteroatoms. The van der Waals surface area contributed by atoms with Crippen molar-refractivity contribution in [3.05, 3.63) is 95.6 Å². The summed E-state index contributed by atoms with van der Waals surface area (Å²) in [4.78, 5) is 0. The molecule has 0 atom stereocenters. The van der Waals surface area contributed by atoms with Crippen LogP contribution in [0.3, 0.4) is 0 Å². The molecule has 3 rings (SSSR count). The Kier molecular flexibility index (Phi) is 5.42. The van der Waals surface area contributed by atoms with Gasteiger partial charge in [0.15, 0.2) is 0 Å². The highest BCUT2D eigenvalue weighted by atomic mass is 16.5. The van der Waals surface area contributed by atoms with Gasteiger partial charge in [-0.2, -0.15) is 10.4 Å². The van der Waals surface area contributed by atoms with E-state index < -0.39 is 0 Å². The van der Waals surface area contributed by atoms with Crippen molar-refractivity contribution in [2.75, 3.05) is 5.43 Å². The van der Waals surface area contributed by atoms with E-state index in [9.17, 15) is 0 Å². The monoisotopic (exact) mass is 327 g/mol. The van der Waals surface area contributed by atoms with Crippen LogP contribution in [0.15, 0.2) is 84.0 Å². The first-order chi connectivity index (χ1) is 12.3. The zero-order chi connectivity index (χ0) is 17.3. The molecule has 0 aliphatic carbocycles. The Morgan fingerprint density at radius 3 is 2.40 bits per heavy atom. The molecular weight excluding hydrogens is 310 g/mol. The van der Waals surface area contributed by atoms with E-state index in [1.807, 2.05) is 72.8 Å². The molecule has 0 bridgehead atoms. The van der Waals surface area contributed by atoms with Gasteiger partial charge in [0.1, 0.15) is 12.4 Å². The third-order valence-corrected chi connectivity index (χ3v) is 3.59. The third kappa shape index (κ3) is 4.69. The van der Waals surface area contributed by atoms with Gasteiger partial charge in [0.2, 0.25) is 0 Å². The maximum Gasteiger partial charge on any atom is 0.119 e. The number of rotatable bonds is 6. The van der Waals surface area contributed by atoms with E-state index in [0.29, 0.717) is 12.2 Å². The van der Waals surface area contributed by atoms with Gasteiger partial charge in [0.25, 0.3) is 0 Å². The summed E-state index contributed by atoms with van der Waals surface area (Å²) in [7, 11) is 0. The van der Waals surface area contributed by atoms with E-state index >= 15 is 0 Å². The highest BCUT2D eigenvalue weighted by Gasteiger charge is 2.01. The Labute approximate surface area is 147 Å².